The number of benzene rings is 2. The number of aromatic nitrogens is 2. The first-order chi connectivity index (χ1) is 13.2. The van der Waals surface area contributed by atoms with Crippen molar-refractivity contribution in [3.63, 3.8) is 0 Å². The highest BCUT2D eigenvalue weighted by atomic mass is 16.5. The van der Waals surface area contributed by atoms with Crippen LogP contribution >= 0.6 is 0 Å². The van der Waals surface area contributed by atoms with Gasteiger partial charge in [0.2, 0.25) is 0 Å². The van der Waals surface area contributed by atoms with Gasteiger partial charge in [-0.15, -0.1) is 0 Å². The van der Waals surface area contributed by atoms with E-state index in [1.165, 1.54) is 0 Å². The summed E-state index contributed by atoms with van der Waals surface area (Å²) in [5.74, 6) is 2.10. The third kappa shape index (κ3) is 3.38. The fraction of sp³-hybridized carbons (Fsp3) is 0.238. The number of nitrogens with zero attached hydrogens (tertiary/aromatic N) is 1. The molecule has 0 spiro atoms. The summed E-state index contributed by atoms with van der Waals surface area (Å²) in [6.07, 6.45) is 1.57. The minimum Gasteiger partial charge on any atom is -0.497 e. The van der Waals surface area contributed by atoms with Crippen LogP contribution in [0, 0.1) is 6.92 Å². The molecule has 2 N–H and O–H groups in total. The smallest absolute Gasteiger partial charge is 0.255 e. The SMILES string of the molecule is COc1ccc2oc(C)c(C(=O)NCCCc3nc4ccccc4[nH]3)c2c1. The number of para-hydroxylation sites is 2. The third-order valence-corrected chi connectivity index (χ3v) is 4.61. The maximum atomic E-state index is 12.7. The standard InChI is InChI=1S/C21H21N3O3/c1-13-20(15-12-14(26-2)9-10-18(15)27-13)21(25)22-11-5-8-19-23-16-6-3-4-7-17(16)24-19/h3-4,6-7,9-10,12H,5,8,11H2,1-2H3,(H,22,25)(H,23,24). The first-order valence-corrected chi connectivity index (χ1v) is 8.94. The van der Waals surface area contributed by atoms with Crippen LogP contribution < -0.4 is 10.1 Å². The number of amides is 1. The van der Waals surface area contributed by atoms with Crippen molar-refractivity contribution in [1.82, 2.24) is 15.3 Å². The molecular formula is C21H21N3O3. The Hall–Kier alpha value is -3.28. The molecule has 0 saturated carbocycles. The number of hydrogen-bond donors (Lipinski definition) is 2. The molecule has 0 aliphatic heterocycles. The Morgan fingerprint density at radius 1 is 1.26 bits per heavy atom. The van der Waals surface area contributed by atoms with Gasteiger partial charge < -0.3 is 19.5 Å². The number of fused-ring (bicyclic) bond motifs is 2. The van der Waals surface area contributed by atoms with Crippen molar-refractivity contribution in [2.75, 3.05) is 13.7 Å². The van der Waals surface area contributed by atoms with Gasteiger partial charge in [-0.05, 0) is 43.7 Å². The fourth-order valence-electron chi connectivity index (χ4n) is 3.28. The molecule has 0 fully saturated rings. The molecule has 6 nitrogen and oxygen atoms in total. The number of carbonyl (C=O) groups excluding carboxylic acids is 1. The molecule has 0 saturated heterocycles. The number of furan rings is 1. The van der Waals surface area contributed by atoms with Gasteiger partial charge in [0.05, 0.1) is 23.7 Å². The average Bonchev–Trinajstić information content (AvgIpc) is 3.23. The number of nitrogens with one attached hydrogen (secondary N) is 2. The second-order valence-corrected chi connectivity index (χ2v) is 6.46. The van der Waals surface area contributed by atoms with E-state index in [1.54, 1.807) is 14.0 Å². The van der Waals surface area contributed by atoms with E-state index in [4.69, 9.17) is 9.15 Å². The molecule has 1 amide bonds. The lowest BCUT2D eigenvalue weighted by molar-refractivity contribution is 0.0953. The Morgan fingerprint density at radius 2 is 2.11 bits per heavy atom. The lowest BCUT2D eigenvalue weighted by Crippen LogP contribution is -2.25. The Kier molecular flexibility index (Phi) is 4.54. The van der Waals surface area contributed by atoms with E-state index in [-0.39, 0.29) is 5.91 Å². The van der Waals surface area contributed by atoms with Gasteiger partial charge in [0.25, 0.3) is 5.91 Å². The van der Waals surface area contributed by atoms with Gasteiger partial charge in [-0.25, -0.2) is 4.98 Å². The van der Waals surface area contributed by atoms with Gasteiger partial charge in [-0.2, -0.15) is 0 Å². The summed E-state index contributed by atoms with van der Waals surface area (Å²) in [5, 5.41) is 3.74. The number of methoxy groups -OCH3 is 1. The second-order valence-electron chi connectivity index (χ2n) is 6.46. The second kappa shape index (κ2) is 7.15. The normalized spacial score (nSPS) is 11.2. The topological polar surface area (TPSA) is 80.2 Å². The quantitative estimate of drug-likeness (QED) is 0.508. The fourth-order valence-corrected chi connectivity index (χ4v) is 3.28. The predicted octanol–water partition coefficient (Wildman–Crippen LogP) is 3.99. The van der Waals surface area contributed by atoms with E-state index in [2.05, 4.69) is 15.3 Å². The Bertz CT molecular complexity index is 1080. The molecule has 0 atom stereocenters. The van der Waals surface area contributed by atoms with Gasteiger partial charge in [-0.3, -0.25) is 4.79 Å². The summed E-state index contributed by atoms with van der Waals surface area (Å²) < 4.78 is 11.0. The molecule has 0 aliphatic rings. The van der Waals surface area contributed by atoms with Crippen molar-refractivity contribution in [1.29, 1.82) is 0 Å². The van der Waals surface area contributed by atoms with Crippen LogP contribution in [0.1, 0.15) is 28.4 Å². The molecule has 138 valence electrons. The summed E-state index contributed by atoms with van der Waals surface area (Å²) in [6, 6.07) is 13.4. The molecule has 0 unspecified atom stereocenters. The van der Waals surface area contributed by atoms with Gasteiger partial charge in [0, 0.05) is 18.4 Å². The predicted molar refractivity (Wildman–Crippen MR) is 104 cm³/mol. The monoisotopic (exact) mass is 363 g/mol. The van der Waals surface area contributed by atoms with E-state index in [0.717, 1.165) is 35.1 Å². The van der Waals surface area contributed by atoms with Crippen LogP contribution in [0.15, 0.2) is 46.9 Å². The summed E-state index contributed by atoms with van der Waals surface area (Å²) in [4.78, 5) is 20.5. The van der Waals surface area contributed by atoms with E-state index in [1.807, 2.05) is 42.5 Å². The van der Waals surface area contributed by atoms with Gasteiger partial charge in [-0.1, -0.05) is 12.1 Å². The van der Waals surface area contributed by atoms with Crippen LogP contribution in [0.4, 0.5) is 0 Å². The number of carbonyl (C=O) groups is 1. The zero-order valence-corrected chi connectivity index (χ0v) is 15.3. The molecule has 6 heteroatoms. The van der Waals surface area contributed by atoms with Crippen molar-refractivity contribution < 1.29 is 13.9 Å². The summed E-state index contributed by atoms with van der Waals surface area (Å²) in [6.45, 7) is 2.36. The highest BCUT2D eigenvalue weighted by Gasteiger charge is 2.18. The minimum atomic E-state index is -0.135. The highest BCUT2D eigenvalue weighted by Crippen LogP contribution is 2.28. The lowest BCUT2D eigenvalue weighted by atomic mass is 10.1. The zero-order chi connectivity index (χ0) is 18.8. The minimum absolute atomic E-state index is 0.135. The van der Waals surface area contributed by atoms with Crippen LogP contribution in [0.2, 0.25) is 0 Å². The van der Waals surface area contributed by atoms with Crippen LogP contribution in [-0.4, -0.2) is 29.5 Å². The van der Waals surface area contributed by atoms with Gasteiger partial charge in [0.1, 0.15) is 22.9 Å². The number of aryl methyl sites for hydroxylation is 2. The highest BCUT2D eigenvalue weighted by molar-refractivity contribution is 6.07. The summed E-state index contributed by atoms with van der Waals surface area (Å²) in [5.41, 5.74) is 3.24. The van der Waals surface area contributed by atoms with E-state index in [9.17, 15) is 4.79 Å². The molecule has 4 aromatic rings. The maximum absolute atomic E-state index is 12.7. The van der Waals surface area contributed by atoms with Crippen molar-refractivity contribution in [2.24, 2.45) is 0 Å². The van der Waals surface area contributed by atoms with Crippen molar-refractivity contribution in [3.8, 4) is 5.75 Å². The number of hydrogen-bond acceptors (Lipinski definition) is 4. The Balaban J connectivity index is 1.40. The number of ether oxygens (including phenoxy) is 1. The molecule has 0 radical (unpaired) electrons. The lowest BCUT2D eigenvalue weighted by Gasteiger charge is -2.05. The largest absolute Gasteiger partial charge is 0.497 e. The van der Waals surface area contributed by atoms with Crippen LogP contribution in [0.5, 0.6) is 5.75 Å². The van der Waals surface area contributed by atoms with Crippen molar-refractivity contribution in [2.45, 2.75) is 19.8 Å². The van der Waals surface area contributed by atoms with E-state index < -0.39 is 0 Å². The van der Waals surface area contributed by atoms with Crippen LogP contribution in [0.3, 0.4) is 0 Å². The molecule has 2 aromatic carbocycles. The van der Waals surface area contributed by atoms with Crippen LogP contribution in [-0.2, 0) is 6.42 Å². The molecular weight excluding hydrogens is 342 g/mol. The number of H-pyrrole nitrogens is 1. The maximum Gasteiger partial charge on any atom is 0.255 e. The third-order valence-electron chi connectivity index (χ3n) is 4.61. The first kappa shape index (κ1) is 17.1. The van der Waals surface area contributed by atoms with Crippen molar-refractivity contribution >= 4 is 27.9 Å². The zero-order valence-electron chi connectivity index (χ0n) is 15.3. The van der Waals surface area contributed by atoms with E-state index >= 15 is 0 Å². The molecule has 27 heavy (non-hydrogen) atoms. The van der Waals surface area contributed by atoms with Gasteiger partial charge in [0.15, 0.2) is 0 Å². The van der Waals surface area contributed by atoms with Gasteiger partial charge >= 0.3 is 0 Å². The number of rotatable bonds is 6. The molecule has 0 aliphatic carbocycles. The molecule has 4 rings (SSSR count). The number of imidazole rings is 1. The first-order valence-electron chi connectivity index (χ1n) is 8.94. The van der Waals surface area contributed by atoms with E-state index in [0.29, 0.717) is 29.2 Å². The van der Waals surface area contributed by atoms with Crippen LogP contribution in [0.25, 0.3) is 22.0 Å². The average molecular weight is 363 g/mol. The Labute approximate surface area is 156 Å². The summed E-state index contributed by atoms with van der Waals surface area (Å²) in [7, 11) is 1.60. The number of aromatic amines is 1. The molecule has 2 aromatic heterocycles. The van der Waals surface area contributed by atoms with Crippen molar-refractivity contribution in [3.05, 3.63) is 59.6 Å². The molecule has 0 bridgehead atoms. The summed E-state index contributed by atoms with van der Waals surface area (Å²) >= 11 is 0. The molecule has 2 heterocycles. The Morgan fingerprint density at radius 3 is 2.93 bits per heavy atom.